The third-order valence-electron chi connectivity index (χ3n) is 2.53. The summed E-state index contributed by atoms with van der Waals surface area (Å²) in [7, 11) is 1.88. The van der Waals surface area contributed by atoms with Crippen LogP contribution in [0.2, 0.25) is 0 Å². The van der Waals surface area contributed by atoms with Crippen molar-refractivity contribution in [3.8, 4) is 0 Å². The van der Waals surface area contributed by atoms with Gasteiger partial charge in [0.25, 0.3) is 0 Å². The van der Waals surface area contributed by atoms with E-state index in [9.17, 15) is 4.79 Å². The van der Waals surface area contributed by atoms with Gasteiger partial charge in [-0.3, -0.25) is 4.79 Å². The van der Waals surface area contributed by atoms with Crippen molar-refractivity contribution in [2.45, 2.75) is 47.1 Å². The summed E-state index contributed by atoms with van der Waals surface area (Å²) in [5.74, 6) is 0.220. The summed E-state index contributed by atoms with van der Waals surface area (Å²) in [4.78, 5) is 13.2. The summed E-state index contributed by atoms with van der Waals surface area (Å²) in [6.07, 6.45) is 0.594. The second-order valence-corrected chi connectivity index (χ2v) is 4.40. The summed E-state index contributed by atoms with van der Waals surface area (Å²) in [6, 6.07) is 0.296. The maximum Gasteiger partial charge on any atom is 0.222 e. The molecule has 0 saturated heterocycles. The lowest BCUT2D eigenvalue weighted by Gasteiger charge is -2.35. The Balaban J connectivity index is 4.29. The minimum atomic E-state index is 0.166. The Morgan fingerprint density at radius 1 is 1.42 bits per heavy atom. The molecule has 0 fully saturated rings. The van der Waals surface area contributed by atoms with Gasteiger partial charge in [0, 0.05) is 19.5 Å². The fraction of sp³-hybridized carbons (Fsp3) is 0.900. The van der Waals surface area contributed by atoms with E-state index in [0.29, 0.717) is 12.5 Å². The highest BCUT2D eigenvalue weighted by Crippen LogP contribution is 2.23. The first-order valence-electron chi connectivity index (χ1n) is 4.56. The van der Waals surface area contributed by atoms with Crippen molar-refractivity contribution in [3.63, 3.8) is 0 Å². The molecule has 0 aliphatic rings. The van der Waals surface area contributed by atoms with Gasteiger partial charge in [-0.15, -0.1) is 0 Å². The molecule has 1 atom stereocenters. The molecule has 0 spiro atoms. The third-order valence-corrected chi connectivity index (χ3v) is 2.53. The highest BCUT2D eigenvalue weighted by atomic mass is 16.2. The second-order valence-electron chi connectivity index (χ2n) is 4.40. The Labute approximate surface area is 75.9 Å². The van der Waals surface area contributed by atoms with E-state index in [2.05, 4.69) is 27.7 Å². The molecule has 0 aliphatic heterocycles. The minimum absolute atomic E-state index is 0.166. The summed E-state index contributed by atoms with van der Waals surface area (Å²) >= 11 is 0. The fourth-order valence-electron chi connectivity index (χ4n) is 1.05. The van der Waals surface area contributed by atoms with Crippen LogP contribution in [0.15, 0.2) is 0 Å². The summed E-state index contributed by atoms with van der Waals surface area (Å²) < 4.78 is 0. The number of nitrogens with zero attached hydrogens (tertiary/aromatic N) is 1. The van der Waals surface area contributed by atoms with Crippen molar-refractivity contribution < 1.29 is 4.79 Å². The summed E-state index contributed by atoms with van der Waals surface area (Å²) in [6.45, 7) is 10.4. The SMILES string of the molecule is CCC(=O)N(C)[C@@H](C)C(C)(C)C. The van der Waals surface area contributed by atoms with Gasteiger partial charge in [0.2, 0.25) is 5.91 Å². The molecule has 0 aromatic carbocycles. The topological polar surface area (TPSA) is 20.3 Å². The first-order valence-corrected chi connectivity index (χ1v) is 4.56. The van der Waals surface area contributed by atoms with Crippen LogP contribution < -0.4 is 0 Å². The van der Waals surface area contributed by atoms with Crippen LogP contribution in [-0.4, -0.2) is 23.9 Å². The predicted octanol–water partition coefficient (Wildman–Crippen LogP) is 2.29. The van der Waals surface area contributed by atoms with E-state index in [4.69, 9.17) is 0 Å². The van der Waals surface area contributed by atoms with Crippen LogP contribution in [0.3, 0.4) is 0 Å². The van der Waals surface area contributed by atoms with E-state index in [1.54, 1.807) is 0 Å². The largest absolute Gasteiger partial charge is 0.343 e. The van der Waals surface area contributed by atoms with Crippen LogP contribution in [0, 0.1) is 5.41 Å². The number of carbonyl (C=O) groups excluding carboxylic acids is 1. The van der Waals surface area contributed by atoms with Crippen molar-refractivity contribution in [1.29, 1.82) is 0 Å². The molecule has 0 aromatic heterocycles. The van der Waals surface area contributed by atoms with Gasteiger partial charge in [0.15, 0.2) is 0 Å². The molecular formula is C10H21NO. The van der Waals surface area contributed by atoms with Gasteiger partial charge < -0.3 is 4.90 Å². The Bertz CT molecular complexity index is 158. The highest BCUT2D eigenvalue weighted by molar-refractivity contribution is 5.75. The summed E-state index contributed by atoms with van der Waals surface area (Å²) in [5, 5.41) is 0. The monoisotopic (exact) mass is 171 g/mol. The van der Waals surface area contributed by atoms with E-state index in [0.717, 1.165) is 0 Å². The van der Waals surface area contributed by atoms with Crippen molar-refractivity contribution in [2.75, 3.05) is 7.05 Å². The Hall–Kier alpha value is -0.530. The van der Waals surface area contributed by atoms with Gasteiger partial charge in [0.05, 0.1) is 0 Å². The van der Waals surface area contributed by atoms with Crippen LogP contribution in [-0.2, 0) is 4.79 Å². The van der Waals surface area contributed by atoms with E-state index in [1.165, 1.54) is 0 Å². The minimum Gasteiger partial charge on any atom is -0.343 e. The van der Waals surface area contributed by atoms with Crippen molar-refractivity contribution >= 4 is 5.91 Å². The summed E-state index contributed by atoms with van der Waals surface area (Å²) in [5.41, 5.74) is 0.166. The maximum atomic E-state index is 11.3. The molecule has 1 amide bonds. The smallest absolute Gasteiger partial charge is 0.222 e. The van der Waals surface area contributed by atoms with Crippen molar-refractivity contribution in [1.82, 2.24) is 4.90 Å². The zero-order chi connectivity index (χ0) is 9.94. The number of hydrogen-bond donors (Lipinski definition) is 0. The number of carbonyl (C=O) groups is 1. The predicted molar refractivity (Wildman–Crippen MR) is 52.0 cm³/mol. The lowest BCUT2D eigenvalue weighted by Crippen LogP contribution is -2.42. The number of amides is 1. The molecule has 0 aromatic rings. The molecular weight excluding hydrogens is 150 g/mol. The average molecular weight is 171 g/mol. The Morgan fingerprint density at radius 3 is 2.08 bits per heavy atom. The second kappa shape index (κ2) is 3.92. The zero-order valence-electron chi connectivity index (χ0n) is 9.14. The Kier molecular flexibility index (Phi) is 3.75. The van der Waals surface area contributed by atoms with Crippen molar-refractivity contribution in [2.24, 2.45) is 5.41 Å². The van der Waals surface area contributed by atoms with Gasteiger partial charge in [-0.25, -0.2) is 0 Å². The van der Waals surface area contributed by atoms with Crippen molar-refractivity contribution in [3.05, 3.63) is 0 Å². The molecule has 0 N–H and O–H groups in total. The molecule has 0 bridgehead atoms. The molecule has 0 aliphatic carbocycles. The first kappa shape index (κ1) is 11.5. The molecule has 0 radical (unpaired) electrons. The van der Waals surface area contributed by atoms with Gasteiger partial charge in [-0.05, 0) is 12.3 Å². The standard InChI is InChI=1S/C10H21NO/c1-7-9(12)11(6)8(2)10(3,4)5/h8H,7H2,1-6H3/t8-/m0/s1. The van der Waals surface area contributed by atoms with Gasteiger partial charge >= 0.3 is 0 Å². The van der Waals surface area contributed by atoms with Gasteiger partial charge in [-0.1, -0.05) is 27.7 Å². The molecule has 72 valence electrons. The first-order chi connectivity index (χ1) is 5.30. The zero-order valence-corrected chi connectivity index (χ0v) is 9.14. The van der Waals surface area contributed by atoms with Crippen LogP contribution >= 0.6 is 0 Å². The lowest BCUT2D eigenvalue weighted by molar-refractivity contribution is -0.133. The van der Waals surface area contributed by atoms with E-state index in [1.807, 2.05) is 18.9 Å². The van der Waals surface area contributed by atoms with Crippen LogP contribution in [0.25, 0.3) is 0 Å². The molecule has 2 nitrogen and oxygen atoms in total. The van der Waals surface area contributed by atoms with E-state index < -0.39 is 0 Å². The maximum absolute atomic E-state index is 11.3. The lowest BCUT2D eigenvalue weighted by atomic mass is 9.87. The normalized spacial score (nSPS) is 14.2. The van der Waals surface area contributed by atoms with Gasteiger partial charge in [0.1, 0.15) is 0 Å². The van der Waals surface area contributed by atoms with Crippen LogP contribution in [0.1, 0.15) is 41.0 Å². The molecule has 0 unspecified atom stereocenters. The van der Waals surface area contributed by atoms with E-state index >= 15 is 0 Å². The molecule has 0 heterocycles. The number of hydrogen-bond acceptors (Lipinski definition) is 1. The average Bonchev–Trinajstić information content (AvgIpc) is 1.98. The number of rotatable bonds is 2. The third kappa shape index (κ3) is 2.84. The molecule has 0 saturated carbocycles. The fourth-order valence-corrected chi connectivity index (χ4v) is 1.05. The van der Waals surface area contributed by atoms with Crippen LogP contribution in [0.5, 0.6) is 0 Å². The van der Waals surface area contributed by atoms with Gasteiger partial charge in [-0.2, -0.15) is 0 Å². The van der Waals surface area contributed by atoms with E-state index in [-0.39, 0.29) is 11.3 Å². The Morgan fingerprint density at radius 2 is 1.83 bits per heavy atom. The molecule has 12 heavy (non-hydrogen) atoms. The highest BCUT2D eigenvalue weighted by Gasteiger charge is 2.25. The van der Waals surface area contributed by atoms with Crippen LogP contribution in [0.4, 0.5) is 0 Å². The molecule has 0 rings (SSSR count). The quantitative estimate of drug-likeness (QED) is 0.624. The molecule has 2 heteroatoms.